The molecule has 1 heterocycles. The van der Waals surface area contributed by atoms with Crippen LogP contribution in [-0.2, 0) is 12.6 Å². The van der Waals surface area contributed by atoms with Crippen molar-refractivity contribution in [3.63, 3.8) is 0 Å². The Morgan fingerprint density at radius 2 is 2.00 bits per heavy atom. The molecule has 0 fully saturated rings. The Hall–Kier alpha value is -1.33. The van der Waals surface area contributed by atoms with Crippen molar-refractivity contribution < 1.29 is 18.3 Å². The molecule has 0 spiro atoms. The minimum Gasteiger partial charge on any atom is -0.388 e. The smallest absolute Gasteiger partial charge is 0.388 e. The molecule has 1 atom stereocenters. The van der Waals surface area contributed by atoms with Crippen LogP contribution in [0.5, 0.6) is 0 Å². The van der Waals surface area contributed by atoms with Gasteiger partial charge in [0.2, 0.25) is 0 Å². The second kappa shape index (κ2) is 5.12. The van der Waals surface area contributed by atoms with Crippen molar-refractivity contribution in [2.24, 2.45) is 0 Å². The predicted molar refractivity (Wildman–Crippen MR) is 64.4 cm³/mol. The number of thiophene rings is 1. The third-order valence-corrected chi connectivity index (χ3v) is 3.31. The van der Waals surface area contributed by atoms with Crippen LogP contribution >= 0.6 is 11.3 Å². The molecule has 0 saturated heterocycles. The third-order valence-electron chi connectivity index (χ3n) is 2.61. The zero-order chi connectivity index (χ0) is 13.2. The molecule has 96 valence electrons. The van der Waals surface area contributed by atoms with Crippen LogP contribution in [0.1, 0.15) is 22.8 Å². The van der Waals surface area contributed by atoms with E-state index in [-0.39, 0.29) is 6.42 Å². The number of hydrogen-bond donors (Lipinski definition) is 1. The van der Waals surface area contributed by atoms with Crippen LogP contribution in [-0.4, -0.2) is 5.11 Å². The summed E-state index contributed by atoms with van der Waals surface area (Å²) in [6.45, 7) is 0. The van der Waals surface area contributed by atoms with Crippen molar-refractivity contribution >= 4 is 11.3 Å². The molecule has 0 aliphatic carbocycles. The van der Waals surface area contributed by atoms with Gasteiger partial charge in [0, 0.05) is 6.42 Å². The summed E-state index contributed by atoms with van der Waals surface area (Å²) in [6, 6.07) is 6.82. The standard InChI is InChI=1S/C13H11F3OS/c14-13(15,16)11-3-1-2-9(6-11)7-12(17)10-4-5-18-8-10/h1-6,8,12,17H,7H2. The van der Waals surface area contributed by atoms with Gasteiger partial charge in [-0.25, -0.2) is 0 Å². The fourth-order valence-corrected chi connectivity index (χ4v) is 2.39. The largest absolute Gasteiger partial charge is 0.416 e. The maximum Gasteiger partial charge on any atom is 0.416 e. The Bertz CT molecular complexity index is 505. The number of alkyl halides is 3. The molecule has 1 nitrogen and oxygen atoms in total. The van der Waals surface area contributed by atoms with Gasteiger partial charge in [-0.05, 0) is 34.0 Å². The second-order valence-electron chi connectivity index (χ2n) is 3.97. The summed E-state index contributed by atoms with van der Waals surface area (Å²) in [4.78, 5) is 0. The summed E-state index contributed by atoms with van der Waals surface area (Å²) < 4.78 is 37.6. The van der Waals surface area contributed by atoms with Crippen molar-refractivity contribution in [3.05, 3.63) is 57.8 Å². The molecule has 2 aromatic rings. The monoisotopic (exact) mass is 272 g/mol. The quantitative estimate of drug-likeness (QED) is 0.894. The van der Waals surface area contributed by atoms with Gasteiger partial charge in [0.25, 0.3) is 0 Å². The molecule has 0 radical (unpaired) electrons. The highest BCUT2D eigenvalue weighted by Gasteiger charge is 2.30. The Labute approximate surface area is 107 Å². The summed E-state index contributed by atoms with van der Waals surface area (Å²) in [7, 11) is 0. The molecule has 2 rings (SSSR count). The van der Waals surface area contributed by atoms with E-state index in [1.165, 1.54) is 17.4 Å². The first-order valence-electron chi connectivity index (χ1n) is 5.33. The van der Waals surface area contributed by atoms with Gasteiger partial charge >= 0.3 is 6.18 Å². The van der Waals surface area contributed by atoms with Crippen LogP contribution in [0.2, 0.25) is 0 Å². The van der Waals surface area contributed by atoms with E-state index in [2.05, 4.69) is 0 Å². The molecule has 0 saturated carbocycles. The minimum absolute atomic E-state index is 0.181. The summed E-state index contributed by atoms with van der Waals surface area (Å²) in [5.41, 5.74) is 0.526. The summed E-state index contributed by atoms with van der Waals surface area (Å²) in [6.07, 6.45) is -4.93. The van der Waals surface area contributed by atoms with Crippen LogP contribution in [0.3, 0.4) is 0 Å². The average molecular weight is 272 g/mol. The second-order valence-corrected chi connectivity index (χ2v) is 4.75. The molecule has 0 aliphatic rings. The Balaban J connectivity index is 2.15. The average Bonchev–Trinajstić information content (AvgIpc) is 2.81. The van der Waals surface area contributed by atoms with Crippen molar-refractivity contribution in [1.29, 1.82) is 0 Å². The topological polar surface area (TPSA) is 20.2 Å². The van der Waals surface area contributed by atoms with Crippen LogP contribution in [0.15, 0.2) is 41.1 Å². The highest BCUT2D eigenvalue weighted by atomic mass is 32.1. The fraction of sp³-hybridized carbons (Fsp3) is 0.231. The first-order valence-corrected chi connectivity index (χ1v) is 6.27. The Morgan fingerprint density at radius 1 is 1.22 bits per heavy atom. The molecular formula is C13H11F3OS. The van der Waals surface area contributed by atoms with Gasteiger partial charge in [-0.3, -0.25) is 0 Å². The summed E-state index contributed by atoms with van der Waals surface area (Å²) >= 11 is 1.45. The molecule has 1 aromatic heterocycles. The lowest BCUT2D eigenvalue weighted by molar-refractivity contribution is -0.137. The van der Waals surface area contributed by atoms with Crippen LogP contribution in [0.25, 0.3) is 0 Å². The Morgan fingerprint density at radius 3 is 2.61 bits per heavy atom. The zero-order valence-electron chi connectivity index (χ0n) is 9.32. The van der Waals surface area contributed by atoms with E-state index >= 15 is 0 Å². The molecule has 0 amide bonds. The molecule has 0 aliphatic heterocycles. The van der Waals surface area contributed by atoms with Crippen molar-refractivity contribution in [1.82, 2.24) is 0 Å². The molecule has 1 aromatic carbocycles. The molecule has 1 unspecified atom stereocenters. The number of halogens is 3. The SMILES string of the molecule is OC(Cc1cccc(C(F)(F)F)c1)c1ccsc1. The van der Waals surface area contributed by atoms with E-state index in [1.807, 2.05) is 5.38 Å². The first-order chi connectivity index (χ1) is 8.47. The van der Waals surface area contributed by atoms with Gasteiger partial charge in [-0.15, -0.1) is 0 Å². The number of rotatable bonds is 3. The summed E-state index contributed by atoms with van der Waals surface area (Å²) in [5.74, 6) is 0. The highest BCUT2D eigenvalue weighted by molar-refractivity contribution is 7.07. The van der Waals surface area contributed by atoms with Crippen LogP contribution in [0.4, 0.5) is 13.2 Å². The number of aliphatic hydroxyl groups is 1. The third kappa shape index (κ3) is 3.11. The summed E-state index contributed by atoms with van der Waals surface area (Å²) in [5, 5.41) is 13.5. The van der Waals surface area contributed by atoms with Crippen LogP contribution in [0, 0.1) is 0 Å². The molecule has 0 bridgehead atoms. The van der Waals surface area contributed by atoms with E-state index in [0.29, 0.717) is 5.56 Å². The normalized spacial score (nSPS) is 13.6. The van der Waals surface area contributed by atoms with Gasteiger partial charge in [-0.2, -0.15) is 24.5 Å². The maximum atomic E-state index is 12.5. The molecule has 1 N–H and O–H groups in total. The van der Waals surface area contributed by atoms with E-state index in [9.17, 15) is 18.3 Å². The zero-order valence-corrected chi connectivity index (χ0v) is 10.1. The predicted octanol–water partition coefficient (Wildman–Crippen LogP) is 4.04. The van der Waals surface area contributed by atoms with Gasteiger partial charge in [0.05, 0.1) is 11.7 Å². The van der Waals surface area contributed by atoms with Gasteiger partial charge in [-0.1, -0.05) is 18.2 Å². The number of aliphatic hydroxyl groups excluding tert-OH is 1. The lowest BCUT2D eigenvalue weighted by atomic mass is 10.0. The van der Waals surface area contributed by atoms with Gasteiger partial charge in [0.1, 0.15) is 0 Å². The van der Waals surface area contributed by atoms with Gasteiger partial charge in [0.15, 0.2) is 0 Å². The fourth-order valence-electron chi connectivity index (χ4n) is 1.68. The van der Waals surface area contributed by atoms with E-state index in [0.717, 1.165) is 17.7 Å². The van der Waals surface area contributed by atoms with Crippen molar-refractivity contribution in [2.45, 2.75) is 18.7 Å². The minimum atomic E-state index is -4.34. The maximum absolute atomic E-state index is 12.5. The van der Waals surface area contributed by atoms with Crippen LogP contribution < -0.4 is 0 Å². The van der Waals surface area contributed by atoms with E-state index < -0.39 is 17.8 Å². The highest BCUT2D eigenvalue weighted by Crippen LogP contribution is 2.30. The molecular weight excluding hydrogens is 261 g/mol. The number of benzene rings is 1. The lowest BCUT2D eigenvalue weighted by Gasteiger charge is -2.11. The lowest BCUT2D eigenvalue weighted by Crippen LogP contribution is -2.06. The molecule has 18 heavy (non-hydrogen) atoms. The number of hydrogen-bond acceptors (Lipinski definition) is 2. The first kappa shape index (κ1) is 13.1. The van der Waals surface area contributed by atoms with Crippen molar-refractivity contribution in [2.75, 3.05) is 0 Å². The van der Waals surface area contributed by atoms with Gasteiger partial charge < -0.3 is 5.11 Å². The van der Waals surface area contributed by atoms with Crippen molar-refractivity contribution in [3.8, 4) is 0 Å². The Kier molecular flexibility index (Phi) is 3.73. The van der Waals surface area contributed by atoms with E-state index in [4.69, 9.17) is 0 Å². The van der Waals surface area contributed by atoms with E-state index in [1.54, 1.807) is 17.5 Å². The molecule has 5 heteroatoms.